The summed E-state index contributed by atoms with van der Waals surface area (Å²) in [5.41, 5.74) is 2.59. The van der Waals surface area contributed by atoms with Crippen molar-refractivity contribution in [3.63, 3.8) is 0 Å². The SMILES string of the molecule is CCNC(=O)/C=C/CCC(C)[C@H]1OC1c1ccc(CN(C)CCN(C)CC(C)(C)S)cc1.CNC[C@@H](C)C(=O)O[C@@H](CC(C)C)C(=O)O. The van der Waals surface area contributed by atoms with Gasteiger partial charge in [-0.05, 0) is 90.2 Å². The lowest BCUT2D eigenvalue weighted by atomic mass is 9.96. The van der Waals surface area contributed by atoms with E-state index >= 15 is 0 Å². The van der Waals surface area contributed by atoms with Crippen molar-refractivity contribution in [1.82, 2.24) is 20.4 Å². The van der Waals surface area contributed by atoms with Gasteiger partial charge in [0.05, 0.1) is 12.0 Å². The molecule has 1 aliphatic heterocycles. The van der Waals surface area contributed by atoms with Crippen LogP contribution in [-0.4, -0.2) is 104 Å². The zero-order valence-electron chi connectivity index (χ0n) is 31.1. The fourth-order valence-corrected chi connectivity index (χ4v) is 5.57. The zero-order chi connectivity index (χ0) is 36.4. The van der Waals surface area contributed by atoms with Crippen molar-refractivity contribution < 1.29 is 29.0 Å². The first-order valence-electron chi connectivity index (χ1n) is 17.3. The molecule has 1 aromatic carbocycles. The first-order chi connectivity index (χ1) is 22.5. The minimum Gasteiger partial charge on any atom is -0.479 e. The molecule has 1 amide bonds. The number of thiol groups is 1. The van der Waals surface area contributed by atoms with Gasteiger partial charge in [-0.15, -0.1) is 0 Å². The molecule has 5 atom stereocenters. The maximum Gasteiger partial charge on any atom is 0.345 e. The van der Waals surface area contributed by atoms with Gasteiger partial charge in [-0.25, -0.2) is 4.79 Å². The number of esters is 1. The highest BCUT2D eigenvalue weighted by molar-refractivity contribution is 7.81. The summed E-state index contributed by atoms with van der Waals surface area (Å²) in [6, 6.07) is 8.88. The Morgan fingerprint density at radius 2 is 1.71 bits per heavy atom. The maximum atomic E-state index is 11.5. The molecule has 0 saturated carbocycles. The number of carbonyl (C=O) groups is 3. The van der Waals surface area contributed by atoms with Gasteiger partial charge in [-0.3, -0.25) is 9.59 Å². The summed E-state index contributed by atoms with van der Waals surface area (Å²) in [6.07, 6.45) is 5.32. The van der Waals surface area contributed by atoms with Crippen LogP contribution in [-0.2, 0) is 30.4 Å². The third-order valence-electron chi connectivity index (χ3n) is 7.91. The Morgan fingerprint density at radius 1 is 1.08 bits per heavy atom. The molecule has 10 nitrogen and oxygen atoms in total. The molecule has 1 aromatic rings. The van der Waals surface area contributed by atoms with Crippen LogP contribution in [0.5, 0.6) is 0 Å². The number of amides is 1. The Balaban J connectivity index is 0.000000607. The van der Waals surface area contributed by atoms with Gasteiger partial charge in [0.15, 0.2) is 6.10 Å². The number of epoxide rings is 1. The number of nitrogens with one attached hydrogen (secondary N) is 2. The third-order valence-corrected chi connectivity index (χ3v) is 8.05. The standard InChI is InChI=1S/C26H43N3O2S.C11H21NO4/c1-7-27-23(30)11-9-8-10-20(2)24-25(31-24)22-14-12-21(13-15-22)18-28(5)16-17-29(6)19-26(3,4)32;1-7(2)5-9(10(13)14)16-11(15)8(3)6-12-4/h9,11-15,20,24-25,32H,7-8,10,16-19H2,1-6H3,(H,27,30);7-9,12H,5-6H2,1-4H3,(H,13,14)/b11-9+;/t20?,24-,25?;8-,9+/m11/s1. The van der Waals surface area contributed by atoms with Crippen molar-refractivity contribution >= 4 is 30.5 Å². The molecule has 0 radical (unpaired) electrons. The van der Waals surface area contributed by atoms with Gasteiger partial charge in [0.2, 0.25) is 5.91 Å². The van der Waals surface area contributed by atoms with E-state index in [0.717, 1.165) is 39.0 Å². The van der Waals surface area contributed by atoms with Crippen LogP contribution in [0.4, 0.5) is 0 Å². The molecule has 1 fully saturated rings. The smallest absolute Gasteiger partial charge is 0.345 e. The van der Waals surface area contributed by atoms with Crippen molar-refractivity contribution in [3.05, 3.63) is 47.5 Å². The molecule has 0 aliphatic carbocycles. The van der Waals surface area contributed by atoms with E-state index in [4.69, 9.17) is 14.6 Å². The molecule has 0 bridgehead atoms. The van der Waals surface area contributed by atoms with E-state index in [9.17, 15) is 14.4 Å². The second kappa shape index (κ2) is 22.3. The van der Waals surface area contributed by atoms with Crippen molar-refractivity contribution in [2.45, 2.75) is 97.3 Å². The van der Waals surface area contributed by atoms with Gasteiger partial charge in [0, 0.05) is 44.0 Å². The second-order valence-electron chi connectivity index (χ2n) is 14.3. The summed E-state index contributed by atoms with van der Waals surface area (Å²) in [7, 11) is 6.06. The second-order valence-corrected chi connectivity index (χ2v) is 15.5. The molecule has 48 heavy (non-hydrogen) atoms. The predicted molar refractivity (Wildman–Crippen MR) is 197 cm³/mol. The van der Waals surface area contributed by atoms with Crippen molar-refractivity contribution in [3.8, 4) is 0 Å². The highest BCUT2D eigenvalue weighted by Gasteiger charge is 2.43. The number of hydrogen-bond donors (Lipinski definition) is 4. The average molecular weight is 693 g/mol. The number of benzene rings is 1. The molecule has 0 spiro atoms. The number of carbonyl (C=O) groups excluding carboxylic acids is 2. The predicted octanol–water partition coefficient (Wildman–Crippen LogP) is 5.19. The number of hydrogen-bond acceptors (Lipinski definition) is 9. The van der Waals surface area contributed by atoms with E-state index in [2.05, 4.69) is 92.2 Å². The van der Waals surface area contributed by atoms with Crippen LogP contribution in [0.1, 0.15) is 85.0 Å². The zero-order valence-corrected chi connectivity index (χ0v) is 32.0. The molecular formula is C37H64N4O6S. The van der Waals surface area contributed by atoms with Gasteiger partial charge in [-0.2, -0.15) is 12.6 Å². The number of likely N-dealkylation sites (N-methyl/N-ethyl adjacent to an activating group) is 3. The Morgan fingerprint density at radius 3 is 2.25 bits per heavy atom. The van der Waals surface area contributed by atoms with Crippen LogP contribution in [0.2, 0.25) is 0 Å². The summed E-state index contributed by atoms with van der Waals surface area (Å²) >= 11 is 4.62. The van der Waals surface area contributed by atoms with Crippen LogP contribution in [0.15, 0.2) is 36.4 Å². The molecule has 0 aromatic heterocycles. The molecule has 2 unspecified atom stereocenters. The van der Waals surface area contributed by atoms with Gasteiger partial charge < -0.3 is 35.0 Å². The Bertz CT molecular complexity index is 1120. The van der Waals surface area contributed by atoms with Gasteiger partial charge >= 0.3 is 11.9 Å². The largest absolute Gasteiger partial charge is 0.479 e. The first-order valence-corrected chi connectivity index (χ1v) is 17.8. The molecular weight excluding hydrogens is 628 g/mol. The number of ether oxygens (including phenoxy) is 2. The average Bonchev–Trinajstić information content (AvgIpc) is 3.79. The Kier molecular flexibility index (Phi) is 20.3. The minimum absolute atomic E-state index is 0.0138. The minimum atomic E-state index is -1.08. The van der Waals surface area contributed by atoms with Crippen molar-refractivity contribution in [2.75, 3.05) is 53.9 Å². The lowest BCUT2D eigenvalue weighted by Gasteiger charge is -2.27. The molecule has 274 valence electrons. The number of aliphatic carboxylic acids is 1. The van der Waals surface area contributed by atoms with E-state index < -0.39 is 18.0 Å². The molecule has 3 N–H and O–H groups in total. The molecule has 11 heteroatoms. The van der Waals surface area contributed by atoms with E-state index in [1.807, 2.05) is 26.8 Å². The van der Waals surface area contributed by atoms with Crippen LogP contribution in [0, 0.1) is 17.8 Å². The van der Waals surface area contributed by atoms with Gasteiger partial charge in [-0.1, -0.05) is 58.0 Å². The van der Waals surface area contributed by atoms with E-state index in [0.29, 0.717) is 25.4 Å². The summed E-state index contributed by atoms with van der Waals surface area (Å²) in [5, 5.41) is 14.5. The molecule has 1 heterocycles. The molecule has 1 aliphatic rings. The highest BCUT2D eigenvalue weighted by Crippen LogP contribution is 2.44. The van der Waals surface area contributed by atoms with Gasteiger partial charge in [0.1, 0.15) is 6.10 Å². The quantitative estimate of drug-likeness (QED) is 0.0597. The van der Waals surface area contributed by atoms with Crippen LogP contribution < -0.4 is 10.6 Å². The number of carboxylic acids is 1. The number of nitrogens with zero attached hydrogens (tertiary/aromatic N) is 2. The summed E-state index contributed by atoms with van der Waals surface area (Å²) in [5.74, 6) is -1.25. The lowest BCUT2D eigenvalue weighted by molar-refractivity contribution is -0.167. The summed E-state index contributed by atoms with van der Waals surface area (Å²) in [4.78, 5) is 38.5. The molecule has 2 rings (SSSR count). The van der Waals surface area contributed by atoms with Gasteiger partial charge in [0.25, 0.3) is 0 Å². The van der Waals surface area contributed by atoms with Crippen molar-refractivity contribution in [2.24, 2.45) is 17.8 Å². The first kappa shape index (κ1) is 43.6. The topological polar surface area (TPSA) is 124 Å². The van der Waals surface area contributed by atoms with Crippen LogP contribution in [0.3, 0.4) is 0 Å². The summed E-state index contributed by atoms with van der Waals surface area (Å²) in [6.45, 7) is 19.1. The number of carboxylic acid groups (broad SMARTS) is 1. The summed E-state index contributed by atoms with van der Waals surface area (Å²) < 4.78 is 11.0. The fourth-order valence-electron chi connectivity index (χ4n) is 5.33. The number of rotatable bonds is 21. The maximum absolute atomic E-state index is 11.5. The lowest BCUT2D eigenvalue weighted by Crippen LogP contribution is -2.37. The van der Waals surface area contributed by atoms with E-state index in [-0.39, 0.29) is 34.7 Å². The Labute approximate surface area is 295 Å². The van der Waals surface area contributed by atoms with Crippen LogP contribution >= 0.6 is 12.6 Å². The Hall–Kier alpha value is -2.44. The van der Waals surface area contributed by atoms with E-state index in [1.165, 1.54) is 11.1 Å². The molecule has 1 saturated heterocycles. The third kappa shape index (κ3) is 18.9. The highest BCUT2D eigenvalue weighted by atomic mass is 32.1. The fraction of sp³-hybridized carbons (Fsp3) is 0.703. The normalized spacial score (nSPS) is 18.0. The monoisotopic (exact) mass is 692 g/mol. The van der Waals surface area contributed by atoms with E-state index in [1.54, 1.807) is 20.0 Å². The van der Waals surface area contributed by atoms with Crippen LogP contribution in [0.25, 0.3) is 0 Å². The number of allylic oxidation sites excluding steroid dienone is 1. The van der Waals surface area contributed by atoms with Crippen molar-refractivity contribution in [1.29, 1.82) is 0 Å².